The first-order valence-corrected chi connectivity index (χ1v) is 6.93. The lowest BCUT2D eigenvalue weighted by atomic mass is 10.1. The van der Waals surface area contributed by atoms with E-state index < -0.39 is 0 Å². The molecule has 102 valence electrons. The molecule has 0 saturated carbocycles. The minimum absolute atomic E-state index is 0.344. The number of aromatic nitrogens is 1. The summed E-state index contributed by atoms with van der Waals surface area (Å²) in [7, 11) is 0. The van der Waals surface area contributed by atoms with Gasteiger partial charge in [0.2, 0.25) is 0 Å². The van der Waals surface area contributed by atoms with Gasteiger partial charge in [0.15, 0.2) is 0 Å². The lowest BCUT2D eigenvalue weighted by molar-refractivity contribution is 0.299. The van der Waals surface area contributed by atoms with E-state index in [0.717, 1.165) is 28.3 Å². The maximum Gasteiger partial charge on any atom is 0.130 e. The number of halogens is 1. The van der Waals surface area contributed by atoms with E-state index in [1.165, 1.54) is 0 Å². The van der Waals surface area contributed by atoms with Crippen molar-refractivity contribution in [2.45, 2.75) is 20.5 Å². The van der Waals surface area contributed by atoms with E-state index in [2.05, 4.69) is 16.8 Å². The maximum absolute atomic E-state index is 5.80. The Morgan fingerprint density at radius 3 is 2.75 bits per heavy atom. The maximum atomic E-state index is 5.80. The third-order valence-corrected chi connectivity index (χ3v) is 2.93. The molecule has 0 fully saturated rings. The van der Waals surface area contributed by atoms with Crippen LogP contribution in [0.3, 0.4) is 0 Å². The Kier molecular flexibility index (Phi) is 5.03. The molecule has 0 spiro atoms. The van der Waals surface area contributed by atoms with E-state index in [-0.39, 0.29) is 0 Å². The summed E-state index contributed by atoms with van der Waals surface area (Å²) in [6, 6.07) is 11.8. The molecule has 0 bridgehead atoms. The van der Waals surface area contributed by atoms with Crippen molar-refractivity contribution in [2.75, 3.05) is 5.88 Å². The van der Waals surface area contributed by atoms with Gasteiger partial charge in [0.25, 0.3) is 0 Å². The van der Waals surface area contributed by atoms with Crippen LogP contribution < -0.4 is 4.74 Å². The van der Waals surface area contributed by atoms with Gasteiger partial charge in [0, 0.05) is 11.3 Å². The highest BCUT2D eigenvalue weighted by Gasteiger charge is 2.02. The zero-order valence-corrected chi connectivity index (χ0v) is 12.4. The summed E-state index contributed by atoms with van der Waals surface area (Å²) in [6.45, 7) is 4.44. The van der Waals surface area contributed by atoms with Crippen LogP contribution in [0.4, 0.5) is 0 Å². The quantitative estimate of drug-likeness (QED) is 0.631. The summed E-state index contributed by atoms with van der Waals surface area (Å²) >= 11 is 5.55. The number of aryl methyl sites for hydroxylation is 2. The number of alkyl halides is 1. The monoisotopic (exact) mass is 285 g/mol. The number of rotatable bonds is 3. The molecule has 2 nitrogen and oxygen atoms in total. The van der Waals surface area contributed by atoms with Crippen molar-refractivity contribution in [2.24, 2.45) is 0 Å². The Bertz CT molecular complexity index is 656. The highest BCUT2D eigenvalue weighted by atomic mass is 35.5. The lowest BCUT2D eigenvalue weighted by Crippen LogP contribution is -2.00. The van der Waals surface area contributed by atoms with Crippen molar-refractivity contribution in [3.8, 4) is 17.6 Å². The molecular formula is C17H16ClNO. The average Bonchev–Trinajstić information content (AvgIpc) is 2.44. The van der Waals surface area contributed by atoms with Crippen molar-refractivity contribution in [1.29, 1.82) is 0 Å². The first kappa shape index (κ1) is 14.4. The summed E-state index contributed by atoms with van der Waals surface area (Å²) in [4.78, 5) is 4.41. The molecule has 0 saturated heterocycles. The van der Waals surface area contributed by atoms with Gasteiger partial charge in [0.1, 0.15) is 12.4 Å². The number of pyridine rings is 1. The Balaban J connectivity index is 2.06. The minimum Gasteiger partial charge on any atom is -0.487 e. The molecule has 0 N–H and O–H groups in total. The van der Waals surface area contributed by atoms with Gasteiger partial charge in [-0.3, -0.25) is 4.98 Å². The molecule has 0 aliphatic heterocycles. The first-order valence-electron chi connectivity index (χ1n) is 6.40. The van der Waals surface area contributed by atoms with Crippen LogP contribution in [0.5, 0.6) is 5.75 Å². The van der Waals surface area contributed by atoms with Gasteiger partial charge < -0.3 is 4.74 Å². The normalized spacial score (nSPS) is 9.75. The topological polar surface area (TPSA) is 22.1 Å². The van der Waals surface area contributed by atoms with Crippen LogP contribution in [-0.2, 0) is 6.61 Å². The Labute approximate surface area is 124 Å². The van der Waals surface area contributed by atoms with Crippen molar-refractivity contribution in [3.05, 3.63) is 58.9 Å². The molecule has 0 amide bonds. The molecular weight excluding hydrogens is 270 g/mol. The number of ether oxygens (including phenoxy) is 1. The van der Waals surface area contributed by atoms with Crippen molar-refractivity contribution < 1.29 is 4.74 Å². The molecule has 1 aromatic carbocycles. The van der Waals surface area contributed by atoms with E-state index in [9.17, 15) is 0 Å². The molecule has 2 aromatic rings. The van der Waals surface area contributed by atoms with Gasteiger partial charge >= 0.3 is 0 Å². The number of hydrogen-bond donors (Lipinski definition) is 0. The summed E-state index contributed by atoms with van der Waals surface area (Å²) < 4.78 is 5.80. The van der Waals surface area contributed by atoms with Gasteiger partial charge in [-0.25, -0.2) is 0 Å². The lowest BCUT2D eigenvalue weighted by Gasteiger charge is -2.09. The van der Waals surface area contributed by atoms with Crippen LogP contribution in [0.25, 0.3) is 0 Å². The van der Waals surface area contributed by atoms with Crippen LogP contribution >= 0.6 is 11.6 Å². The predicted molar refractivity (Wildman–Crippen MR) is 82.1 cm³/mol. The summed E-state index contributed by atoms with van der Waals surface area (Å²) in [5.74, 6) is 7.03. The number of hydrogen-bond acceptors (Lipinski definition) is 2. The molecule has 0 atom stereocenters. The fraction of sp³-hybridized carbons (Fsp3) is 0.235. The Hall–Kier alpha value is -1.98. The number of nitrogens with zero attached hydrogens (tertiary/aromatic N) is 1. The van der Waals surface area contributed by atoms with Crippen molar-refractivity contribution in [1.82, 2.24) is 4.98 Å². The first-order chi connectivity index (χ1) is 9.69. The van der Waals surface area contributed by atoms with Crippen LogP contribution in [0.1, 0.15) is 22.5 Å². The van der Waals surface area contributed by atoms with Crippen LogP contribution in [0.2, 0.25) is 0 Å². The number of benzene rings is 1. The highest BCUT2D eigenvalue weighted by molar-refractivity contribution is 6.19. The van der Waals surface area contributed by atoms with Gasteiger partial charge in [-0.15, -0.1) is 11.6 Å². The highest BCUT2D eigenvalue weighted by Crippen LogP contribution is 2.19. The molecule has 1 heterocycles. The van der Waals surface area contributed by atoms with E-state index in [1.54, 1.807) is 0 Å². The minimum atomic E-state index is 0.344. The van der Waals surface area contributed by atoms with Gasteiger partial charge in [0.05, 0.1) is 11.6 Å². The molecule has 2 rings (SSSR count). The fourth-order valence-corrected chi connectivity index (χ4v) is 1.92. The SMILES string of the molecule is Cc1cccc(COc2ccc(C#CCCl)cc2C)n1. The molecule has 0 aliphatic carbocycles. The second-order valence-electron chi connectivity index (χ2n) is 4.47. The van der Waals surface area contributed by atoms with Crippen molar-refractivity contribution >= 4 is 11.6 Å². The molecule has 3 heteroatoms. The molecule has 0 aliphatic rings. The summed E-state index contributed by atoms with van der Waals surface area (Å²) in [5, 5.41) is 0. The second kappa shape index (κ2) is 6.98. The predicted octanol–water partition coefficient (Wildman–Crippen LogP) is 3.87. The second-order valence-corrected chi connectivity index (χ2v) is 4.74. The standard InChI is InChI=1S/C17H16ClNO/c1-13-11-15(6-4-10-18)8-9-17(13)20-12-16-7-3-5-14(2)19-16/h3,5,7-9,11H,10,12H2,1-2H3. The summed E-state index contributed by atoms with van der Waals surface area (Å²) in [5.41, 5.74) is 3.92. The third kappa shape index (κ3) is 4.01. The van der Waals surface area contributed by atoms with E-state index in [1.807, 2.05) is 50.2 Å². The van der Waals surface area contributed by atoms with Crippen molar-refractivity contribution in [3.63, 3.8) is 0 Å². The molecule has 20 heavy (non-hydrogen) atoms. The van der Waals surface area contributed by atoms with Gasteiger partial charge in [-0.2, -0.15) is 0 Å². The average molecular weight is 286 g/mol. The molecule has 1 aromatic heterocycles. The third-order valence-electron chi connectivity index (χ3n) is 2.80. The smallest absolute Gasteiger partial charge is 0.130 e. The molecule has 0 unspecified atom stereocenters. The fourth-order valence-electron chi connectivity index (χ4n) is 1.86. The molecule has 0 radical (unpaired) electrons. The largest absolute Gasteiger partial charge is 0.487 e. The van der Waals surface area contributed by atoms with Crippen LogP contribution in [0.15, 0.2) is 36.4 Å². The Morgan fingerprint density at radius 1 is 1.20 bits per heavy atom. The van der Waals surface area contributed by atoms with Gasteiger partial charge in [-0.1, -0.05) is 17.9 Å². The van der Waals surface area contributed by atoms with E-state index in [4.69, 9.17) is 16.3 Å². The van der Waals surface area contributed by atoms with Crippen LogP contribution in [0, 0.1) is 25.7 Å². The van der Waals surface area contributed by atoms with Gasteiger partial charge in [-0.05, 0) is 49.7 Å². The zero-order chi connectivity index (χ0) is 14.4. The zero-order valence-electron chi connectivity index (χ0n) is 11.6. The van der Waals surface area contributed by atoms with E-state index in [0.29, 0.717) is 12.5 Å². The van der Waals surface area contributed by atoms with E-state index >= 15 is 0 Å². The summed E-state index contributed by atoms with van der Waals surface area (Å²) in [6.07, 6.45) is 0. The van der Waals surface area contributed by atoms with Crippen LogP contribution in [-0.4, -0.2) is 10.9 Å². The Morgan fingerprint density at radius 2 is 2.05 bits per heavy atom.